The number of hydrogen-bond donors (Lipinski definition) is 2. The van der Waals surface area contributed by atoms with Crippen LogP contribution in [0.1, 0.15) is 31.9 Å². The minimum Gasteiger partial charge on any atom is -0.379 e. The second-order valence-electron chi connectivity index (χ2n) is 6.13. The van der Waals surface area contributed by atoms with E-state index in [0.717, 1.165) is 50.3 Å². The summed E-state index contributed by atoms with van der Waals surface area (Å²) in [4.78, 5) is 6.77. The first-order valence-electron chi connectivity index (χ1n) is 8.68. The molecule has 0 radical (unpaired) electrons. The van der Waals surface area contributed by atoms with Crippen molar-refractivity contribution in [3.05, 3.63) is 34.9 Å². The third kappa shape index (κ3) is 7.29. The van der Waals surface area contributed by atoms with Gasteiger partial charge in [-0.05, 0) is 31.0 Å². The lowest BCUT2D eigenvalue weighted by Crippen LogP contribution is -2.47. The Morgan fingerprint density at radius 3 is 2.68 bits per heavy atom. The second kappa shape index (κ2) is 11.9. The molecule has 7 heteroatoms. The lowest BCUT2D eigenvalue weighted by Gasteiger charge is -2.35. The van der Waals surface area contributed by atoms with Crippen LogP contribution in [0, 0.1) is 0 Å². The highest BCUT2D eigenvalue weighted by atomic mass is 127. The number of halogens is 2. The zero-order valence-corrected chi connectivity index (χ0v) is 18.4. The summed E-state index contributed by atoms with van der Waals surface area (Å²) in [6.45, 7) is 8.49. The third-order valence-electron chi connectivity index (χ3n) is 4.40. The van der Waals surface area contributed by atoms with Gasteiger partial charge in [-0.3, -0.25) is 9.89 Å². The first-order valence-corrected chi connectivity index (χ1v) is 9.06. The highest BCUT2D eigenvalue weighted by Gasteiger charge is 2.23. The number of rotatable bonds is 6. The molecule has 2 rings (SSSR count). The molecule has 0 aliphatic carbocycles. The Morgan fingerprint density at radius 2 is 2.08 bits per heavy atom. The maximum absolute atomic E-state index is 6.21. The maximum atomic E-state index is 6.21. The molecule has 2 atom stereocenters. The van der Waals surface area contributed by atoms with Crippen LogP contribution in [0.25, 0.3) is 0 Å². The van der Waals surface area contributed by atoms with Crippen LogP contribution >= 0.6 is 35.6 Å². The van der Waals surface area contributed by atoms with E-state index >= 15 is 0 Å². The van der Waals surface area contributed by atoms with Crippen molar-refractivity contribution in [3.63, 3.8) is 0 Å². The number of nitrogens with zero attached hydrogens (tertiary/aromatic N) is 2. The fraction of sp³-hybridized carbons (Fsp3) is 0.611. The zero-order valence-electron chi connectivity index (χ0n) is 15.3. The summed E-state index contributed by atoms with van der Waals surface area (Å²) < 4.78 is 5.50. The predicted molar refractivity (Wildman–Crippen MR) is 116 cm³/mol. The van der Waals surface area contributed by atoms with E-state index in [0.29, 0.717) is 6.04 Å². The van der Waals surface area contributed by atoms with Gasteiger partial charge in [0.1, 0.15) is 0 Å². The molecule has 5 nitrogen and oxygen atoms in total. The summed E-state index contributed by atoms with van der Waals surface area (Å²) in [5, 5.41) is 7.64. The van der Waals surface area contributed by atoms with Gasteiger partial charge in [0.25, 0.3) is 0 Å². The minimum atomic E-state index is 0. The lowest BCUT2D eigenvalue weighted by molar-refractivity contribution is 0.0170. The maximum Gasteiger partial charge on any atom is 0.191 e. The molecule has 1 saturated heterocycles. The fourth-order valence-electron chi connectivity index (χ4n) is 2.78. The van der Waals surface area contributed by atoms with Gasteiger partial charge in [0.2, 0.25) is 0 Å². The molecule has 1 aliphatic rings. The molecule has 0 saturated carbocycles. The molecule has 1 aromatic rings. The Balaban J connectivity index is 0.00000312. The number of hydrogen-bond acceptors (Lipinski definition) is 3. The van der Waals surface area contributed by atoms with Crippen LogP contribution in [0.4, 0.5) is 0 Å². The van der Waals surface area contributed by atoms with Crippen molar-refractivity contribution < 1.29 is 4.74 Å². The van der Waals surface area contributed by atoms with E-state index in [1.165, 1.54) is 5.56 Å². The third-order valence-corrected chi connectivity index (χ3v) is 4.64. The van der Waals surface area contributed by atoms with E-state index in [2.05, 4.69) is 40.4 Å². The van der Waals surface area contributed by atoms with Gasteiger partial charge in [0, 0.05) is 37.7 Å². The van der Waals surface area contributed by atoms with Gasteiger partial charge in [-0.1, -0.05) is 30.7 Å². The highest BCUT2D eigenvalue weighted by molar-refractivity contribution is 14.0. The average molecular weight is 481 g/mol. The number of ether oxygens (including phenoxy) is 1. The molecule has 0 spiro atoms. The van der Waals surface area contributed by atoms with Crippen LogP contribution in [0.15, 0.2) is 29.3 Å². The molecule has 0 amide bonds. The Hall–Kier alpha value is -0.570. The largest absolute Gasteiger partial charge is 0.379 e. The van der Waals surface area contributed by atoms with Crippen LogP contribution in [0.5, 0.6) is 0 Å². The van der Waals surface area contributed by atoms with Crippen LogP contribution in [0.2, 0.25) is 5.02 Å². The summed E-state index contributed by atoms with van der Waals surface area (Å²) in [6, 6.07) is 8.75. The van der Waals surface area contributed by atoms with Gasteiger partial charge in [-0.15, -0.1) is 24.0 Å². The first-order chi connectivity index (χ1) is 11.6. The molecule has 25 heavy (non-hydrogen) atoms. The number of morpholine rings is 1. The highest BCUT2D eigenvalue weighted by Crippen LogP contribution is 2.23. The van der Waals surface area contributed by atoms with E-state index in [1.807, 2.05) is 18.2 Å². The summed E-state index contributed by atoms with van der Waals surface area (Å²) in [7, 11) is 1.81. The van der Waals surface area contributed by atoms with Gasteiger partial charge in [-0.25, -0.2) is 0 Å². The van der Waals surface area contributed by atoms with Crippen molar-refractivity contribution >= 4 is 41.5 Å². The van der Waals surface area contributed by atoms with Crippen molar-refractivity contribution in [3.8, 4) is 0 Å². The molecule has 0 aromatic heterocycles. The van der Waals surface area contributed by atoms with Crippen LogP contribution in [-0.2, 0) is 4.74 Å². The van der Waals surface area contributed by atoms with E-state index in [9.17, 15) is 0 Å². The molecule has 2 unspecified atom stereocenters. The van der Waals surface area contributed by atoms with Crippen molar-refractivity contribution in [2.45, 2.75) is 32.4 Å². The molecular weight excluding hydrogens is 451 g/mol. The number of aliphatic imine (C=N–C) groups is 1. The number of guanidine groups is 1. The van der Waals surface area contributed by atoms with Crippen molar-refractivity contribution in [1.29, 1.82) is 0 Å². The monoisotopic (exact) mass is 480 g/mol. The van der Waals surface area contributed by atoms with E-state index < -0.39 is 0 Å². The van der Waals surface area contributed by atoms with Gasteiger partial charge in [0.15, 0.2) is 5.96 Å². The fourth-order valence-corrected chi connectivity index (χ4v) is 2.98. The number of nitrogens with one attached hydrogen (secondary N) is 2. The summed E-state index contributed by atoms with van der Waals surface area (Å²) >= 11 is 6.21. The molecule has 1 aromatic carbocycles. The second-order valence-corrected chi connectivity index (χ2v) is 6.56. The van der Waals surface area contributed by atoms with E-state index in [4.69, 9.17) is 16.3 Å². The molecule has 0 bridgehead atoms. The number of benzene rings is 1. The predicted octanol–water partition coefficient (Wildman–Crippen LogP) is 3.29. The summed E-state index contributed by atoms with van der Waals surface area (Å²) in [5.41, 5.74) is 1.22. The van der Waals surface area contributed by atoms with Gasteiger partial charge in [-0.2, -0.15) is 0 Å². The Labute approximate surface area is 173 Å². The Kier molecular flexibility index (Phi) is 10.7. The normalized spacial score (nSPS) is 18.2. The van der Waals surface area contributed by atoms with Crippen LogP contribution in [0.3, 0.4) is 0 Å². The topological polar surface area (TPSA) is 48.9 Å². The minimum absolute atomic E-state index is 0. The summed E-state index contributed by atoms with van der Waals surface area (Å²) in [5.74, 6) is 0.838. The summed E-state index contributed by atoms with van der Waals surface area (Å²) in [6.07, 6.45) is 1.06. The van der Waals surface area contributed by atoms with Gasteiger partial charge >= 0.3 is 0 Å². The van der Waals surface area contributed by atoms with Crippen LogP contribution in [-0.4, -0.2) is 56.8 Å². The lowest BCUT2D eigenvalue weighted by atomic mass is 10.0. The molecule has 1 aliphatic heterocycles. The van der Waals surface area contributed by atoms with Gasteiger partial charge in [0.05, 0.1) is 19.3 Å². The van der Waals surface area contributed by atoms with Crippen molar-refractivity contribution in [1.82, 2.24) is 15.5 Å². The van der Waals surface area contributed by atoms with Gasteiger partial charge < -0.3 is 15.4 Å². The molecule has 2 N–H and O–H groups in total. The zero-order chi connectivity index (χ0) is 17.4. The standard InChI is InChI=1S/C18H29ClN4O.HI/c1-4-14(2)22-18(20-3)21-13-17(23-8-10-24-11-9-23)15-6-5-7-16(19)12-15;/h5-7,12,14,17H,4,8-11,13H2,1-3H3,(H2,20,21,22);1H. The SMILES string of the molecule is CCC(C)NC(=NC)NCC(c1cccc(Cl)c1)N1CCOCC1.I. The van der Waals surface area contributed by atoms with E-state index in [-0.39, 0.29) is 30.0 Å². The molecule has 1 fully saturated rings. The average Bonchev–Trinajstić information content (AvgIpc) is 2.61. The van der Waals surface area contributed by atoms with E-state index in [1.54, 1.807) is 7.05 Å². The molecule has 1 heterocycles. The quantitative estimate of drug-likeness (QED) is 0.373. The van der Waals surface area contributed by atoms with Crippen LogP contribution < -0.4 is 10.6 Å². The smallest absolute Gasteiger partial charge is 0.191 e. The van der Waals surface area contributed by atoms with Crippen molar-refractivity contribution in [2.24, 2.45) is 4.99 Å². The Bertz CT molecular complexity index is 538. The first kappa shape index (κ1) is 22.5. The molecule has 142 valence electrons. The Morgan fingerprint density at radius 1 is 1.36 bits per heavy atom. The van der Waals surface area contributed by atoms with Crippen molar-refractivity contribution in [2.75, 3.05) is 39.9 Å². The molecular formula is C18H30ClIN4O.